The minimum atomic E-state index is -0.238. The summed E-state index contributed by atoms with van der Waals surface area (Å²) in [5.41, 5.74) is 3.24. The van der Waals surface area contributed by atoms with Crippen molar-refractivity contribution in [2.45, 2.75) is 6.54 Å². The first kappa shape index (κ1) is 22.9. The maximum Gasteiger partial charge on any atom is 0.293 e. The molecule has 7 heteroatoms. The molecule has 0 unspecified atom stereocenters. The van der Waals surface area contributed by atoms with Gasteiger partial charge >= 0.3 is 0 Å². The first-order valence-corrected chi connectivity index (χ1v) is 11.1. The molecule has 4 aromatic rings. The van der Waals surface area contributed by atoms with Crippen molar-refractivity contribution in [3.63, 3.8) is 0 Å². The Bertz CT molecular complexity index is 1220. The first-order chi connectivity index (χ1) is 16.5. The minimum absolute atomic E-state index is 0.148. The monoisotopic (exact) mass is 450 g/mol. The summed E-state index contributed by atoms with van der Waals surface area (Å²) in [6.07, 6.45) is 0. The van der Waals surface area contributed by atoms with Crippen LogP contribution in [0.5, 0.6) is 0 Å². The molecule has 34 heavy (non-hydrogen) atoms. The molecule has 0 aliphatic carbocycles. The molecule has 1 amide bonds. The second-order valence-electron chi connectivity index (χ2n) is 8.21. The van der Waals surface area contributed by atoms with Gasteiger partial charge in [0, 0.05) is 25.2 Å². The lowest BCUT2D eigenvalue weighted by Gasteiger charge is -2.23. The Hall–Kier alpha value is -4.28. The fraction of sp³-hybridized carbons (Fsp3) is 0.185. The Kier molecular flexibility index (Phi) is 7.11. The van der Waals surface area contributed by atoms with Crippen molar-refractivity contribution in [2.75, 3.05) is 27.2 Å². The zero-order valence-corrected chi connectivity index (χ0v) is 19.3. The van der Waals surface area contributed by atoms with Crippen molar-refractivity contribution in [1.82, 2.24) is 24.6 Å². The molecule has 7 nitrogen and oxygen atoms in total. The van der Waals surface area contributed by atoms with Crippen LogP contribution in [-0.2, 0) is 6.54 Å². The largest absolute Gasteiger partial charge is 0.330 e. The number of nitrogens with zero attached hydrogens (tertiary/aromatic N) is 6. The van der Waals surface area contributed by atoms with E-state index in [1.807, 2.05) is 91.8 Å². The van der Waals surface area contributed by atoms with Crippen molar-refractivity contribution in [2.24, 2.45) is 0 Å². The van der Waals surface area contributed by atoms with Crippen LogP contribution < -0.4 is 0 Å². The number of rotatable bonds is 8. The van der Waals surface area contributed by atoms with E-state index in [0.29, 0.717) is 31.0 Å². The molecule has 0 aliphatic heterocycles. The number of aromatic nitrogens is 3. The highest BCUT2D eigenvalue weighted by atomic mass is 16.2. The second kappa shape index (κ2) is 10.6. The molecule has 0 radical (unpaired) electrons. The summed E-state index contributed by atoms with van der Waals surface area (Å²) in [4.78, 5) is 22.1. The van der Waals surface area contributed by atoms with Crippen LogP contribution in [0, 0.1) is 11.3 Å². The molecule has 0 aliphatic rings. The van der Waals surface area contributed by atoms with Gasteiger partial charge in [0.25, 0.3) is 5.91 Å². The van der Waals surface area contributed by atoms with Crippen molar-refractivity contribution in [3.05, 3.63) is 102 Å². The standard InChI is InChI=1S/C27H26N6O/c1-31(2)17-18-32(20-22-15-13-21(19-28)14-16-22)27(34)25-29-26(23-9-5-3-6-10-23)33(30-25)24-11-7-4-8-12-24/h3-16H,17-18,20H2,1-2H3. The fourth-order valence-corrected chi connectivity index (χ4v) is 3.55. The van der Waals surface area contributed by atoms with Gasteiger partial charge in [-0.3, -0.25) is 4.79 Å². The average molecular weight is 451 g/mol. The van der Waals surface area contributed by atoms with E-state index in [-0.39, 0.29) is 11.7 Å². The molecule has 0 spiro atoms. The minimum Gasteiger partial charge on any atom is -0.330 e. The SMILES string of the molecule is CN(C)CCN(Cc1ccc(C#N)cc1)C(=O)c1nc(-c2ccccc2)n(-c2ccccc2)n1. The van der Waals surface area contributed by atoms with Crippen LogP contribution in [0.3, 0.4) is 0 Å². The first-order valence-electron chi connectivity index (χ1n) is 11.1. The van der Waals surface area contributed by atoms with Crippen LogP contribution in [0.2, 0.25) is 0 Å². The van der Waals surface area contributed by atoms with Gasteiger partial charge in [0.05, 0.1) is 17.3 Å². The Morgan fingerprint density at radius 3 is 2.18 bits per heavy atom. The third kappa shape index (κ3) is 5.37. The number of nitriles is 1. The number of benzene rings is 3. The van der Waals surface area contributed by atoms with Gasteiger partial charge in [0.2, 0.25) is 5.82 Å². The number of carbonyl (C=O) groups is 1. The van der Waals surface area contributed by atoms with Crippen LogP contribution in [0.1, 0.15) is 21.7 Å². The predicted octanol–water partition coefficient (Wildman–Crippen LogP) is 4.01. The molecule has 1 aromatic heterocycles. The number of likely N-dealkylation sites (N-methyl/N-ethyl adjacent to an activating group) is 1. The van der Waals surface area contributed by atoms with Crippen molar-refractivity contribution in [3.8, 4) is 23.1 Å². The van der Waals surface area contributed by atoms with Crippen LogP contribution >= 0.6 is 0 Å². The summed E-state index contributed by atoms with van der Waals surface area (Å²) < 4.78 is 1.72. The Morgan fingerprint density at radius 1 is 0.912 bits per heavy atom. The summed E-state index contributed by atoms with van der Waals surface area (Å²) in [5.74, 6) is 0.522. The van der Waals surface area contributed by atoms with E-state index in [9.17, 15) is 4.79 Å². The highest BCUT2D eigenvalue weighted by Gasteiger charge is 2.24. The molecule has 3 aromatic carbocycles. The molecule has 0 saturated heterocycles. The van der Waals surface area contributed by atoms with Gasteiger partial charge < -0.3 is 9.80 Å². The number of amides is 1. The summed E-state index contributed by atoms with van der Waals surface area (Å²) >= 11 is 0. The van der Waals surface area contributed by atoms with Crippen molar-refractivity contribution in [1.29, 1.82) is 5.26 Å². The molecule has 0 fully saturated rings. The van der Waals surface area contributed by atoms with Gasteiger partial charge in [-0.15, -0.1) is 5.10 Å². The third-order valence-corrected chi connectivity index (χ3v) is 5.39. The lowest BCUT2D eigenvalue weighted by atomic mass is 10.1. The van der Waals surface area contributed by atoms with E-state index in [2.05, 4.69) is 16.2 Å². The van der Waals surface area contributed by atoms with Gasteiger partial charge in [-0.05, 0) is 43.9 Å². The van der Waals surface area contributed by atoms with Crippen LogP contribution in [-0.4, -0.2) is 57.7 Å². The molecule has 0 atom stereocenters. The van der Waals surface area contributed by atoms with Gasteiger partial charge in [0.15, 0.2) is 5.82 Å². The van der Waals surface area contributed by atoms with E-state index in [1.54, 1.807) is 21.7 Å². The highest BCUT2D eigenvalue weighted by Crippen LogP contribution is 2.22. The number of para-hydroxylation sites is 1. The Labute approximate surface area is 199 Å². The number of carbonyl (C=O) groups excluding carboxylic acids is 1. The normalized spacial score (nSPS) is 10.8. The van der Waals surface area contributed by atoms with E-state index in [0.717, 1.165) is 16.8 Å². The van der Waals surface area contributed by atoms with Crippen LogP contribution in [0.15, 0.2) is 84.9 Å². The van der Waals surface area contributed by atoms with Crippen LogP contribution in [0.4, 0.5) is 0 Å². The smallest absolute Gasteiger partial charge is 0.293 e. The maximum atomic E-state index is 13.6. The number of hydrogen-bond acceptors (Lipinski definition) is 5. The van der Waals surface area contributed by atoms with Gasteiger partial charge in [0.1, 0.15) is 0 Å². The number of hydrogen-bond donors (Lipinski definition) is 0. The summed E-state index contributed by atoms with van der Waals surface area (Å²) in [6.45, 7) is 1.62. The van der Waals surface area contributed by atoms with E-state index in [4.69, 9.17) is 5.26 Å². The average Bonchev–Trinajstić information content (AvgIpc) is 3.33. The highest BCUT2D eigenvalue weighted by molar-refractivity contribution is 5.91. The van der Waals surface area contributed by atoms with E-state index in [1.165, 1.54) is 0 Å². The summed E-state index contributed by atoms with van der Waals surface area (Å²) in [6, 6.07) is 28.8. The zero-order valence-electron chi connectivity index (χ0n) is 19.3. The quantitative estimate of drug-likeness (QED) is 0.405. The van der Waals surface area contributed by atoms with Gasteiger partial charge in [-0.2, -0.15) is 5.26 Å². The topological polar surface area (TPSA) is 78.0 Å². The lowest BCUT2D eigenvalue weighted by Crippen LogP contribution is -2.36. The summed E-state index contributed by atoms with van der Waals surface area (Å²) in [7, 11) is 3.94. The second-order valence-corrected chi connectivity index (χ2v) is 8.21. The van der Waals surface area contributed by atoms with Crippen molar-refractivity contribution < 1.29 is 4.79 Å². The van der Waals surface area contributed by atoms with Gasteiger partial charge in [-0.1, -0.05) is 60.7 Å². The molecule has 170 valence electrons. The van der Waals surface area contributed by atoms with E-state index >= 15 is 0 Å². The molecule has 1 heterocycles. The van der Waals surface area contributed by atoms with E-state index < -0.39 is 0 Å². The molecule has 0 N–H and O–H groups in total. The van der Waals surface area contributed by atoms with Crippen molar-refractivity contribution >= 4 is 5.91 Å². The van der Waals surface area contributed by atoms with Crippen LogP contribution in [0.25, 0.3) is 17.1 Å². The maximum absolute atomic E-state index is 13.6. The predicted molar refractivity (Wildman–Crippen MR) is 131 cm³/mol. The Morgan fingerprint density at radius 2 is 1.56 bits per heavy atom. The molecule has 4 rings (SSSR count). The molecule has 0 bridgehead atoms. The molecule has 0 saturated carbocycles. The molecular formula is C27H26N6O. The zero-order chi connectivity index (χ0) is 23.9. The van der Waals surface area contributed by atoms with Gasteiger partial charge in [-0.25, -0.2) is 9.67 Å². The summed E-state index contributed by atoms with van der Waals surface area (Å²) in [5, 5.41) is 13.7. The Balaban J connectivity index is 1.70. The molecular weight excluding hydrogens is 424 g/mol. The lowest BCUT2D eigenvalue weighted by molar-refractivity contribution is 0.0719. The third-order valence-electron chi connectivity index (χ3n) is 5.39. The fourth-order valence-electron chi connectivity index (χ4n) is 3.55.